The lowest BCUT2D eigenvalue weighted by Gasteiger charge is -2.08. The number of hydrogen-bond donors (Lipinski definition) is 2. The summed E-state index contributed by atoms with van der Waals surface area (Å²) in [4.78, 5) is 11.7. The Bertz CT molecular complexity index is 614. The summed E-state index contributed by atoms with van der Waals surface area (Å²) < 4.78 is 0. The van der Waals surface area contributed by atoms with Gasteiger partial charge in [0.1, 0.15) is 0 Å². The highest BCUT2D eigenvalue weighted by Crippen LogP contribution is 2.14. The van der Waals surface area contributed by atoms with Crippen LogP contribution >= 0.6 is 23.2 Å². The van der Waals surface area contributed by atoms with Gasteiger partial charge in [-0.25, -0.2) is 4.79 Å². The highest BCUT2D eigenvalue weighted by atomic mass is 35.5. The zero-order valence-corrected chi connectivity index (χ0v) is 13.6. The first kappa shape index (κ1) is 16.7. The molecule has 3 nitrogen and oxygen atoms in total. The summed E-state index contributed by atoms with van der Waals surface area (Å²) in [5.41, 5.74) is 2.17. The van der Waals surface area contributed by atoms with E-state index in [0.29, 0.717) is 24.5 Å². The van der Waals surface area contributed by atoms with Gasteiger partial charge in [-0.05, 0) is 42.2 Å². The van der Waals surface area contributed by atoms with Gasteiger partial charge in [0.05, 0.1) is 0 Å². The molecule has 2 aromatic rings. The summed E-state index contributed by atoms with van der Waals surface area (Å²) in [6, 6.07) is 15.1. The molecule has 22 heavy (non-hydrogen) atoms. The van der Waals surface area contributed by atoms with Gasteiger partial charge in [-0.15, -0.1) is 0 Å². The lowest BCUT2D eigenvalue weighted by atomic mass is 10.1. The van der Waals surface area contributed by atoms with Crippen molar-refractivity contribution < 1.29 is 4.79 Å². The minimum atomic E-state index is -0.166. The Labute approximate surface area is 140 Å². The molecular formula is C17H18Cl2N2O. The van der Waals surface area contributed by atoms with E-state index >= 15 is 0 Å². The fourth-order valence-electron chi connectivity index (χ4n) is 2.05. The Morgan fingerprint density at radius 2 is 1.50 bits per heavy atom. The molecule has 0 aliphatic heterocycles. The van der Waals surface area contributed by atoms with Gasteiger partial charge in [0.2, 0.25) is 0 Å². The second kappa shape index (κ2) is 8.66. The Kier molecular flexibility index (Phi) is 6.56. The molecule has 0 saturated carbocycles. The van der Waals surface area contributed by atoms with Crippen LogP contribution < -0.4 is 10.6 Å². The largest absolute Gasteiger partial charge is 0.338 e. The van der Waals surface area contributed by atoms with Crippen molar-refractivity contribution in [3.8, 4) is 0 Å². The number of carbonyl (C=O) groups excluding carboxylic acids is 1. The molecule has 0 unspecified atom stereocenters. The van der Waals surface area contributed by atoms with E-state index in [1.54, 1.807) is 0 Å². The van der Waals surface area contributed by atoms with Crippen LogP contribution in [0.5, 0.6) is 0 Å². The molecule has 0 spiro atoms. The monoisotopic (exact) mass is 336 g/mol. The molecular weight excluding hydrogens is 319 g/mol. The van der Waals surface area contributed by atoms with Gasteiger partial charge in [-0.3, -0.25) is 0 Å². The van der Waals surface area contributed by atoms with Gasteiger partial charge >= 0.3 is 6.03 Å². The van der Waals surface area contributed by atoms with Crippen LogP contribution in [0.1, 0.15) is 11.1 Å². The number of halogens is 2. The smallest absolute Gasteiger partial charge is 0.314 e. The quantitative estimate of drug-likeness (QED) is 0.819. The molecule has 0 heterocycles. The number of hydrogen-bond acceptors (Lipinski definition) is 1. The van der Waals surface area contributed by atoms with Gasteiger partial charge in [-0.1, -0.05) is 53.5 Å². The van der Waals surface area contributed by atoms with E-state index in [9.17, 15) is 4.79 Å². The average molecular weight is 337 g/mol. The minimum absolute atomic E-state index is 0.166. The van der Waals surface area contributed by atoms with Crippen molar-refractivity contribution in [2.24, 2.45) is 0 Å². The first-order valence-electron chi connectivity index (χ1n) is 7.15. The Morgan fingerprint density at radius 1 is 0.864 bits per heavy atom. The summed E-state index contributed by atoms with van der Waals surface area (Å²) in [6.45, 7) is 1.13. The number of urea groups is 1. The van der Waals surface area contributed by atoms with E-state index in [1.165, 1.54) is 0 Å². The highest BCUT2D eigenvalue weighted by Gasteiger charge is 2.02. The van der Waals surface area contributed by atoms with Crippen molar-refractivity contribution in [3.63, 3.8) is 0 Å². The zero-order chi connectivity index (χ0) is 15.8. The Hall–Kier alpha value is -1.71. The number of amides is 2. The van der Waals surface area contributed by atoms with Gasteiger partial charge in [-0.2, -0.15) is 0 Å². The third-order valence-electron chi connectivity index (χ3n) is 3.25. The maximum absolute atomic E-state index is 11.7. The maximum Gasteiger partial charge on any atom is 0.314 e. The van der Waals surface area contributed by atoms with Crippen molar-refractivity contribution in [2.75, 3.05) is 13.1 Å². The first-order chi connectivity index (χ1) is 10.6. The molecule has 0 fully saturated rings. The molecule has 0 radical (unpaired) electrons. The second-order valence-electron chi connectivity index (χ2n) is 4.90. The molecule has 0 bridgehead atoms. The van der Waals surface area contributed by atoms with E-state index in [1.807, 2.05) is 48.5 Å². The van der Waals surface area contributed by atoms with Crippen LogP contribution in [0.25, 0.3) is 0 Å². The summed E-state index contributed by atoms with van der Waals surface area (Å²) in [5.74, 6) is 0. The van der Waals surface area contributed by atoms with Crippen LogP contribution in [0.15, 0.2) is 48.5 Å². The summed E-state index contributed by atoms with van der Waals surface area (Å²) in [6.07, 6.45) is 1.49. The second-order valence-corrected chi connectivity index (χ2v) is 5.74. The van der Waals surface area contributed by atoms with Crippen molar-refractivity contribution in [1.29, 1.82) is 0 Å². The summed E-state index contributed by atoms with van der Waals surface area (Å²) in [5, 5.41) is 7.10. The van der Waals surface area contributed by atoms with Gasteiger partial charge in [0.25, 0.3) is 0 Å². The highest BCUT2D eigenvalue weighted by molar-refractivity contribution is 6.31. The van der Waals surface area contributed by atoms with Crippen molar-refractivity contribution in [2.45, 2.75) is 12.8 Å². The van der Waals surface area contributed by atoms with E-state index in [-0.39, 0.29) is 6.03 Å². The number of benzene rings is 2. The Balaban J connectivity index is 1.64. The normalized spacial score (nSPS) is 10.3. The third kappa shape index (κ3) is 5.58. The standard InChI is InChI=1S/C17H18Cl2N2O/c18-15-7-5-13(6-8-15)9-11-20-17(22)21-12-10-14-3-1-2-4-16(14)19/h1-8H,9-12H2,(H2,20,21,22). The number of rotatable bonds is 6. The van der Waals surface area contributed by atoms with E-state index in [0.717, 1.165) is 22.6 Å². The number of carbonyl (C=O) groups is 1. The van der Waals surface area contributed by atoms with Gasteiger partial charge in [0.15, 0.2) is 0 Å². The fraction of sp³-hybridized carbons (Fsp3) is 0.235. The van der Waals surface area contributed by atoms with Gasteiger partial charge in [0, 0.05) is 23.1 Å². The molecule has 0 aromatic heterocycles. The van der Waals surface area contributed by atoms with Crippen molar-refractivity contribution in [1.82, 2.24) is 10.6 Å². The molecule has 0 saturated heterocycles. The molecule has 2 amide bonds. The minimum Gasteiger partial charge on any atom is -0.338 e. The maximum atomic E-state index is 11.7. The molecule has 2 N–H and O–H groups in total. The van der Waals surface area contributed by atoms with Crippen LogP contribution in [0, 0.1) is 0 Å². The van der Waals surface area contributed by atoms with E-state index in [2.05, 4.69) is 10.6 Å². The molecule has 5 heteroatoms. The van der Waals surface area contributed by atoms with Crippen LogP contribution in [0.4, 0.5) is 4.79 Å². The fourth-order valence-corrected chi connectivity index (χ4v) is 2.40. The predicted molar refractivity (Wildman–Crippen MR) is 91.7 cm³/mol. The molecule has 2 rings (SSSR count). The molecule has 2 aromatic carbocycles. The average Bonchev–Trinajstić information content (AvgIpc) is 2.51. The molecule has 0 aliphatic rings. The van der Waals surface area contributed by atoms with Crippen LogP contribution in [0.2, 0.25) is 10.0 Å². The summed E-state index contributed by atoms with van der Waals surface area (Å²) >= 11 is 11.9. The lowest BCUT2D eigenvalue weighted by molar-refractivity contribution is 0.241. The molecule has 116 valence electrons. The van der Waals surface area contributed by atoms with E-state index in [4.69, 9.17) is 23.2 Å². The van der Waals surface area contributed by atoms with Crippen molar-refractivity contribution >= 4 is 29.2 Å². The van der Waals surface area contributed by atoms with Crippen molar-refractivity contribution in [3.05, 3.63) is 69.7 Å². The van der Waals surface area contributed by atoms with Gasteiger partial charge < -0.3 is 10.6 Å². The molecule has 0 atom stereocenters. The Morgan fingerprint density at radius 3 is 2.18 bits per heavy atom. The van der Waals surface area contributed by atoms with Crippen LogP contribution in [0.3, 0.4) is 0 Å². The first-order valence-corrected chi connectivity index (χ1v) is 7.90. The zero-order valence-electron chi connectivity index (χ0n) is 12.1. The van der Waals surface area contributed by atoms with Crippen LogP contribution in [-0.2, 0) is 12.8 Å². The number of nitrogens with one attached hydrogen (secondary N) is 2. The summed E-state index contributed by atoms with van der Waals surface area (Å²) in [7, 11) is 0. The molecule has 0 aliphatic carbocycles. The third-order valence-corrected chi connectivity index (χ3v) is 3.87. The topological polar surface area (TPSA) is 41.1 Å². The predicted octanol–water partition coefficient (Wildman–Crippen LogP) is 4.08. The SMILES string of the molecule is O=C(NCCc1ccc(Cl)cc1)NCCc1ccccc1Cl. The van der Waals surface area contributed by atoms with Crippen LogP contribution in [-0.4, -0.2) is 19.1 Å². The van der Waals surface area contributed by atoms with E-state index < -0.39 is 0 Å². The lowest BCUT2D eigenvalue weighted by Crippen LogP contribution is -2.37.